The molecule has 0 aliphatic rings. The quantitative estimate of drug-likeness (QED) is 0.685. The van der Waals surface area contributed by atoms with Crippen LogP contribution in [-0.2, 0) is 6.54 Å². The molecule has 0 spiro atoms. The molecule has 5 nitrogen and oxygen atoms in total. The van der Waals surface area contributed by atoms with Crippen molar-refractivity contribution in [3.05, 3.63) is 59.4 Å². The minimum atomic E-state index is 0.293. The molecule has 0 saturated carbocycles. The lowest BCUT2D eigenvalue weighted by molar-refractivity contribution is 1.05. The first-order valence-electron chi connectivity index (χ1n) is 6.53. The zero-order valence-electron chi connectivity index (χ0n) is 12.1. The Kier molecular flexibility index (Phi) is 4.52. The van der Waals surface area contributed by atoms with Crippen LogP contribution in [-0.4, -0.2) is 24.9 Å². The van der Waals surface area contributed by atoms with Crippen molar-refractivity contribution in [2.75, 3.05) is 19.0 Å². The Morgan fingerprint density at radius 1 is 1.29 bits per heavy atom. The Morgan fingerprint density at radius 2 is 2.00 bits per heavy atom. The zero-order chi connectivity index (χ0) is 15.2. The lowest BCUT2D eigenvalue weighted by Gasteiger charge is -2.12. The van der Waals surface area contributed by atoms with Crippen molar-refractivity contribution in [2.24, 2.45) is 10.7 Å². The molecule has 5 heteroatoms. The summed E-state index contributed by atoms with van der Waals surface area (Å²) in [7, 11) is 3.99. The van der Waals surface area contributed by atoms with Crippen LogP contribution < -0.4 is 10.6 Å². The summed E-state index contributed by atoms with van der Waals surface area (Å²) in [5, 5.41) is 9.01. The van der Waals surface area contributed by atoms with Crippen LogP contribution in [0.25, 0.3) is 0 Å². The summed E-state index contributed by atoms with van der Waals surface area (Å²) in [5.74, 6) is 0.330. The number of nitrogens with zero attached hydrogens (tertiary/aromatic N) is 4. The number of hydrogen-bond donors (Lipinski definition) is 1. The summed E-state index contributed by atoms with van der Waals surface area (Å²) in [5.41, 5.74) is 9.01. The van der Waals surface area contributed by atoms with Crippen molar-refractivity contribution >= 4 is 11.5 Å². The van der Waals surface area contributed by atoms with E-state index in [-0.39, 0.29) is 0 Å². The molecule has 21 heavy (non-hydrogen) atoms. The molecule has 1 aromatic heterocycles. The van der Waals surface area contributed by atoms with Gasteiger partial charge in [0, 0.05) is 26.0 Å². The van der Waals surface area contributed by atoms with Crippen molar-refractivity contribution in [3.63, 3.8) is 0 Å². The molecular weight excluding hydrogens is 262 g/mol. The predicted octanol–water partition coefficient (Wildman–Crippen LogP) is 1.92. The summed E-state index contributed by atoms with van der Waals surface area (Å²) in [4.78, 5) is 10.4. The van der Waals surface area contributed by atoms with Gasteiger partial charge < -0.3 is 10.6 Å². The van der Waals surface area contributed by atoms with Crippen molar-refractivity contribution in [1.82, 2.24) is 4.98 Å². The number of benzene rings is 1. The molecule has 0 radical (unpaired) electrons. The number of anilines is 1. The molecule has 1 aromatic carbocycles. The molecule has 0 unspecified atom stereocenters. The normalized spacial score (nSPS) is 11.0. The van der Waals surface area contributed by atoms with E-state index in [4.69, 9.17) is 11.0 Å². The van der Waals surface area contributed by atoms with E-state index in [0.29, 0.717) is 23.6 Å². The third-order valence-corrected chi connectivity index (χ3v) is 3.07. The van der Waals surface area contributed by atoms with E-state index < -0.39 is 0 Å². The number of rotatable bonds is 4. The molecule has 0 fully saturated rings. The van der Waals surface area contributed by atoms with Crippen LogP contribution in [0.3, 0.4) is 0 Å². The Labute approximate surface area is 124 Å². The van der Waals surface area contributed by atoms with E-state index in [1.54, 1.807) is 18.3 Å². The maximum Gasteiger partial charge on any atom is 0.151 e. The van der Waals surface area contributed by atoms with E-state index in [0.717, 1.165) is 11.3 Å². The molecule has 0 bridgehead atoms. The smallest absolute Gasteiger partial charge is 0.151 e. The lowest BCUT2D eigenvalue weighted by Crippen LogP contribution is -2.16. The van der Waals surface area contributed by atoms with Gasteiger partial charge in [-0.1, -0.05) is 12.1 Å². The maximum absolute atomic E-state index is 9.01. The fraction of sp³-hybridized carbons (Fsp3) is 0.188. The minimum Gasteiger partial charge on any atom is -0.383 e. The van der Waals surface area contributed by atoms with Gasteiger partial charge in [0.15, 0.2) is 5.69 Å². The molecule has 106 valence electrons. The molecule has 0 aliphatic heterocycles. The molecule has 0 saturated heterocycles. The fourth-order valence-electron chi connectivity index (χ4n) is 1.86. The number of pyridine rings is 1. The molecule has 0 amide bonds. The van der Waals surface area contributed by atoms with Crippen molar-refractivity contribution in [1.29, 1.82) is 5.26 Å². The molecular formula is C16H17N5. The molecule has 2 aromatic rings. The Morgan fingerprint density at radius 3 is 2.62 bits per heavy atom. The Balaban J connectivity index is 2.15. The number of hydrogen-bond acceptors (Lipinski definition) is 4. The minimum absolute atomic E-state index is 0.293. The van der Waals surface area contributed by atoms with Crippen molar-refractivity contribution in [3.8, 4) is 6.07 Å². The van der Waals surface area contributed by atoms with Gasteiger partial charge >= 0.3 is 0 Å². The van der Waals surface area contributed by atoms with Crippen LogP contribution in [0.15, 0.2) is 47.6 Å². The highest BCUT2D eigenvalue weighted by atomic mass is 15.1. The topological polar surface area (TPSA) is 78.3 Å². The number of nitriles is 1. The van der Waals surface area contributed by atoms with Crippen molar-refractivity contribution in [2.45, 2.75) is 6.54 Å². The SMILES string of the molecule is CN(C)c1ccc(C/N=C(\N)c2cccnc2C#N)cc1. The summed E-state index contributed by atoms with van der Waals surface area (Å²) < 4.78 is 0. The van der Waals surface area contributed by atoms with E-state index >= 15 is 0 Å². The maximum atomic E-state index is 9.01. The van der Waals surface area contributed by atoms with Gasteiger partial charge in [-0.15, -0.1) is 0 Å². The first kappa shape index (κ1) is 14.5. The van der Waals surface area contributed by atoms with Crippen LogP contribution in [0.4, 0.5) is 5.69 Å². The average molecular weight is 279 g/mol. The summed E-state index contributed by atoms with van der Waals surface area (Å²) >= 11 is 0. The number of amidine groups is 1. The molecule has 0 atom stereocenters. The predicted molar refractivity (Wildman–Crippen MR) is 84.1 cm³/mol. The van der Waals surface area contributed by atoms with Gasteiger partial charge in [0.2, 0.25) is 0 Å². The lowest BCUT2D eigenvalue weighted by atomic mass is 10.1. The molecule has 2 rings (SSSR count). The summed E-state index contributed by atoms with van der Waals surface area (Å²) in [6.45, 7) is 0.472. The zero-order valence-corrected chi connectivity index (χ0v) is 12.1. The van der Waals surface area contributed by atoms with Gasteiger partial charge in [-0.05, 0) is 29.8 Å². The van der Waals surface area contributed by atoms with Crippen LogP contribution in [0.2, 0.25) is 0 Å². The second-order valence-corrected chi connectivity index (χ2v) is 4.77. The Hall–Kier alpha value is -2.87. The van der Waals surface area contributed by atoms with Gasteiger partial charge in [0.1, 0.15) is 11.9 Å². The van der Waals surface area contributed by atoms with E-state index in [2.05, 4.69) is 9.98 Å². The Bertz CT molecular complexity index is 681. The second kappa shape index (κ2) is 6.53. The summed E-state index contributed by atoms with van der Waals surface area (Å²) in [6.07, 6.45) is 1.56. The number of aromatic nitrogens is 1. The second-order valence-electron chi connectivity index (χ2n) is 4.77. The van der Waals surface area contributed by atoms with E-state index in [9.17, 15) is 0 Å². The molecule has 1 heterocycles. The van der Waals surface area contributed by atoms with E-state index in [1.165, 1.54) is 0 Å². The first-order valence-corrected chi connectivity index (χ1v) is 6.53. The van der Waals surface area contributed by atoms with Gasteiger partial charge in [0.25, 0.3) is 0 Å². The highest BCUT2D eigenvalue weighted by molar-refractivity contribution is 5.99. The average Bonchev–Trinajstić information content (AvgIpc) is 2.52. The monoisotopic (exact) mass is 279 g/mol. The van der Waals surface area contributed by atoms with Gasteiger partial charge in [-0.25, -0.2) is 4.98 Å². The number of nitrogens with two attached hydrogens (primary N) is 1. The highest BCUT2D eigenvalue weighted by Crippen LogP contribution is 2.13. The highest BCUT2D eigenvalue weighted by Gasteiger charge is 2.06. The van der Waals surface area contributed by atoms with Crippen LogP contribution in [0, 0.1) is 11.3 Å². The van der Waals surface area contributed by atoms with Crippen LogP contribution in [0.5, 0.6) is 0 Å². The summed E-state index contributed by atoms with van der Waals surface area (Å²) in [6, 6.07) is 13.6. The third kappa shape index (κ3) is 3.57. The molecule has 0 aliphatic carbocycles. The standard InChI is InChI=1S/C16H17N5/c1-21(2)13-7-5-12(6-8-13)11-20-16(18)14-4-3-9-19-15(14)10-17/h3-9H,11H2,1-2H3,(H2,18,20). The molecule has 2 N–H and O–H groups in total. The fourth-order valence-corrected chi connectivity index (χ4v) is 1.86. The third-order valence-electron chi connectivity index (χ3n) is 3.07. The van der Waals surface area contributed by atoms with Crippen LogP contribution in [0.1, 0.15) is 16.8 Å². The largest absolute Gasteiger partial charge is 0.383 e. The first-order chi connectivity index (χ1) is 10.1. The number of aliphatic imine (C=N–C) groups is 1. The van der Waals surface area contributed by atoms with Gasteiger partial charge in [-0.2, -0.15) is 5.26 Å². The van der Waals surface area contributed by atoms with Crippen molar-refractivity contribution < 1.29 is 0 Å². The van der Waals surface area contributed by atoms with Crippen LogP contribution >= 0.6 is 0 Å². The van der Waals surface area contributed by atoms with Gasteiger partial charge in [-0.3, -0.25) is 4.99 Å². The van der Waals surface area contributed by atoms with Gasteiger partial charge in [0.05, 0.1) is 12.1 Å². The van der Waals surface area contributed by atoms with E-state index in [1.807, 2.05) is 49.3 Å².